The van der Waals surface area contributed by atoms with Gasteiger partial charge in [0.1, 0.15) is 0 Å². The van der Waals surface area contributed by atoms with Crippen molar-refractivity contribution in [2.75, 3.05) is 0 Å². The van der Waals surface area contributed by atoms with Gasteiger partial charge in [-0.05, 0) is 85.9 Å². The van der Waals surface area contributed by atoms with Crippen LogP contribution in [0.5, 0.6) is 0 Å². The minimum Gasteiger partial charge on any atom is -0.393 e. The normalized spacial score (nSPS) is 61.7. The number of hydrogen-bond donors (Lipinski definition) is 2. The summed E-state index contributed by atoms with van der Waals surface area (Å²) in [6, 6.07) is 0. The van der Waals surface area contributed by atoms with Crippen LogP contribution in [0.1, 0.15) is 72.6 Å². The Morgan fingerprint density at radius 3 is 2.35 bits per heavy atom. The van der Waals surface area contributed by atoms with Crippen LogP contribution < -0.4 is 0 Å². The monoisotopic (exact) mass is 318 g/mol. The highest BCUT2D eigenvalue weighted by Crippen LogP contribution is 2.69. The van der Waals surface area contributed by atoms with Gasteiger partial charge in [-0.3, -0.25) is 0 Å². The fraction of sp³-hybridized carbons (Fsp3) is 0.905. The molecule has 0 amide bonds. The first-order chi connectivity index (χ1) is 10.6. The molecule has 2 nitrogen and oxygen atoms in total. The SMILES string of the molecule is C[C@]12CC[C@H]3[C@@H](CC[C@@]4(C)C[C@](C)(O)C=C[C@]34C)[C@H]1CC[C@@H]2O. The van der Waals surface area contributed by atoms with Gasteiger partial charge in [0.2, 0.25) is 0 Å². The van der Waals surface area contributed by atoms with Crippen molar-refractivity contribution in [3.8, 4) is 0 Å². The van der Waals surface area contributed by atoms with Crippen LogP contribution >= 0.6 is 0 Å². The van der Waals surface area contributed by atoms with Gasteiger partial charge >= 0.3 is 0 Å². The number of aliphatic hydroxyl groups is 2. The summed E-state index contributed by atoms with van der Waals surface area (Å²) in [7, 11) is 0. The summed E-state index contributed by atoms with van der Waals surface area (Å²) in [5.41, 5.74) is -0.0760. The minimum atomic E-state index is -0.645. The third kappa shape index (κ3) is 2.00. The first kappa shape index (κ1) is 16.1. The molecule has 0 aromatic rings. The van der Waals surface area contributed by atoms with E-state index < -0.39 is 5.60 Å². The molecule has 0 bridgehead atoms. The van der Waals surface area contributed by atoms with E-state index in [0.29, 0.717) is 5.92 Å². The van der Waals surface area contributed by atoms with Crippen LogP contribution in [-0.4, -0.2) is 21.9 Å². The van der Waals surface area contributed by atoms with Gasteiger partial charge in [-0.25, -0.2) is 0 Å². The zero-order chi connectivity index (χ0) is 16.7. The van der Waals surface area contributed by atoms with Gasteiger partial charge in [-0.2, -0.15) is 0 Å². The zero-order valence-electron chi connectivity index (χ0n) is 15.3. The van der Waals surface area contributed by atoms with Crippen molar-refractivity contribution in [1.29, 1.82) is 0 Å². The van der Waals surface area contributed by atoms with Gasteiger partial charge < -0.3 is 10.2 Å². The molecule has 8 atom stereocenters. The van der Waals surface area contributed by atoms with Gasteiger partial charge in [0, 0.05) is 0 Å². The maximum Gasteiger partial charge on any atom is 0.0805 e. The molecule has 3 saturated carbocycles. The van der Waals surface area contributed by atoms with Crippen molar-refractivity contribution in [3.05, 3.63) is 12.2 Å². The Morgan fingerprint density at radius 1 is 0.870 bits per heavy atom. The van der Waals surface area contributed by atoms with E-state index in [1.807, 2.05) is 6.92 Å². The van der Waals surface area contributed by atoms with Gasteiger partial charge in [0.15, 0.2) is 0 Å². The van der Waals surface area contributed by atoms with E-state index in [0.717, 1.165) is 24.7 Å². The summed E-state index contributed by atoms with van der Waals surface area (Å²) >= 11 is 0. The van der Waals surface area contributed by atoms with Crippen LogP contribution in [0.25, 0.3) is 0 Å². The van der Waals surface area contributed by atoms with Crippen LogP contribution in [0.4, 0.5) is 0 Å². The number of hydrogen-bond acceptors (Lipinski definition) is 2. The molecule has 0 aromatic carbocycles. The molecule has 0 heterocycles. The van der Waals surface area contributed by atoms with Gasteiger partial charge in [0.05, 0.1) is 11.7 Å². The largest absolute Gasteiger partial charge is 0.393 e. The van der Waals surface area contributed by atoms with E-state index in [1.165, 1.54) is 32.1 Å². The Morgan fingerprint density at radius 2 is 1.61 bits per heavy atom. The summed E-state index contributed by atoms with van der Waals surface area (Å²) in [4.78, 5) is 0. The molecule has 0 saturated heterocycles. The highest BCUT2D eigenvalue weighted by Gasteiger charge is 2.63. The lowest BCUT2D eigenvalue weighted by atomic mass is 9.41. The van der Waals surface area contributed by atoms with Gasteiger partial charge in [-0.15, -0.1) is 0 Å². The maximum atomic E-state index is 10.6. The second-order valence-electron chi connectivity index (χ2n) is 10.3. The molecule has 2 heteroatoms. The molecule has 2 N–H and O–H groups in total. The Balaban J connectivity index is 1.72. The van der Waals surface area contributed by atoms with Crippen molar-refractivity contribution in [1.82, 2.24) is 0 Å². The van der Waals surface area contributed by atoms with Crippen LogP contribution in [0.2, 0.25) is 0 Å². The molecular weight excluding hydrogens is 284 g/mol. The summed E-state index contributed by atoms with van der Waals surface area (Å²) in [6.07, 6.45) is 12.4. The summed E-state index contributed by atoms with van der Waals surface area (Å²) in [5.74, 6) is 2.18. The Kier molecular flexibility index (Phi) is 3.25. The van der Waals surface area contributed by atoms with Gasteiger partial charge in [-0.1, -0.05) is 32.9 Å². The Labute approximate surface area is 141 Å². The van der Waals surface area contributed by atoms with E-state index in [1.54, 1.807) is 0 Å². The standard InChI is InChI=1S/C21H34O2/c1-18-9-7-14-15-5-6-17(22)20(15,3)10-8-16(14)21(18,4)12-11-19(2,23)13-18/h11-12,14-17,22-23H,5-10,13H2,1-4H3/t14-,15+,16-,17-,18-,19+,20-,21+/m0/s1. The van der Waals surface area contributed by atoms with E-state index >= 15 is 0 Å². The fourth-order valence-corrected chi connectivity index (χ4v) is 7.41. The predicted octanol–water partition coefficient (Wildman–Crippen LogP) is 4.31. The van der Waals surface area contributed by atoms with Crippen LogP contribution in [0.3, 0.4) is 0 Å². The van der Waals surface area contributed by atoms with Crippen LogP contribution in [-0.2, 0) is 0 Å². The molecule has 0 spiro atoms. The highest BCUT2D eigenvalue weighted by atomic mass is 16.3. The maximum absolute atomic E-state index is 10.6. The van der Waals surface area contributed by atoms with Crippen LogP contribution in [0.15, 0.2) is 12.2 Å². The molecular formula is C21H34O2. The lowest BCUT2D eigenvalue weighted by Gasteiger charge is -2.64. The number of rotatable bonds is 0. The molecule has 4 aliphatic carbocycles. The zero-order valence-corrected chi connectivity index (χ0v) is 15.3. The smallest absolute Gasteiger partial charge is 0.0805 e. The molecule has 0 unspecified atom stereocenters. The van der Waals surface area contributed by atoms with Crippen molar-refractivity contribution in [2.45, 2.75) is 84.3 Å². The third-order valence-corrected chi connectivity index (χ3v) is 9.02. The molecule has 23 heavy (non-hydrogen) atoms. The predicted molar refractivity (Wildman–Crippen MR) is 92.9 cm³/mol. The molecule has 0 radical (unpaired) electrons. The highest BCUT2D eigenvalue weighted by molar-refractivity contribution is 5.23. The van der Waals surface area contributed by atoms with E-state index in [9.17, 15) is 10.2 Å². The summed E-state index contributed by atoms with van der Waals surface area (Å²) in [6.45, 7) is 9.19. The Bertz CT molecular complexity index is 538. The van der Waals surface area contributed by atoms with Crippen molar-refractivity contribution in [2.24, 2.45) is 34.0 Å². The average molecular weight is 319 g/mol. The second-order valence-corrected chi connectivity index (χ2v) is 10.3. The first-order valence-corrected chi connectivity index (χ1v) is 9.72. The Hall–Kier alpha value is -0.340. The lowest BCUT2D eigenvalue weighted by Crippen LogP contribution is -2.58. The van der Waals surface area contributed by atoms with Crippen molar-refractivity contribution < 1.29 is 10.2 Å². The van der Waals surface area contributed by atoms with Crippen LogP contribution in [0, 0.1) is 34.0 Å². The first-order valence-electron chi connectivity index (χ1n) is 9.72. The molecule has 0 aliphatic heterocycles. The van der Waals surface area contributed by atoms with E-state index in [2.05, 4.69) is 32.9 Å². The second kappa shape index (κ2) is 4.64. The van der Waals surface area contributed by atoms with Gasteiger partial charge in [0.25, 0.3) is 0 Å². The topological polar surface area (TPSA) is 40.5 Å². The number of fused-ring (bicyclic) bond motifs is 5. The third-order valence-electron chi connectivity index (χ3n) is 9.02. The fourth-order valence-electron chi connectivity index (χ4n) is 7.41. The van der Waals surface area contributed by atoms with Crippen molar-refractivity contribution >= 4 is 0 Å². The molecule has 3 fully saturated rings. The number of allylic oxidation sites excluding steroid dienone is 1. The molecule has 4 rings (SSSR count). The number of aliphatic hydroxyl groups excluding tert-OH is 1. The van der Waals surface area contributed by atoms with E-state index in [4.69, 9.17) is 0 Å². The summed E-state index contributed by atoms with van der Waals surface area (Å²) < 4.78 is 0. The molecule has 4 aliphatic rings. The quantitative estimate of drug-likeness (QED) is 0.654. The lowest BCUT2D eigenvalue weighted by molar-refractivity contribution is -0.142. The average Bonchev–Trinajstić information content (AvgIpc) is 2.76. The minimum absolute atomic E-state index is 0.0859. The summed E-state index contributed by atoms with van der Waals surface area (Å²) in [5, 5.41) is 21.1. The van der Waals surface area contributed by atoms with E-state index in [-0.39, 0.29) is 22.3 Å². The molecule has 130 valence electrons. The van der Waals surface area contributed by atoms with Crippen molar-refractivity contribution in [3.63, 3.8) is 0 Å². The molecule has 0 aromatic heterocycles.